The first-order chi connectivity index (χ1) is 17.5. The number of alkyl halides is 7. The van der Waals surface area contributed by atoms with Crippen molar-refractivity contribution < 1.29 is 35.5 Å². The zero-order valence-corrected chi connectivity index (χ0v) is 19.8. The van der Waals surface area contributed by atoms with Gasteiger partial charge in [-0.3, -0.25) is 0 Å². The Balaban J connectivity index is 1.69. The first-order valence-electron chi connectivity index (χ1n) is 12.0. The molecule has 4 rings (SSSR count). The molecule has 6 atom stereocenters. The van der Waals surface area contributed by atoms with Crippen molar-refractivity contribution in [2.45, 2.75) is 54.0 Å². The summed E-state index contributed by atoms with van der Waals surface area (Å²) >= 11 is 0. The fourth-order valence-corrected chi connectivity index (χ4v) is 5.69. The van der Waals surface area contributed by atoms with Crippen molar-refractivity contribution in [3.8, 4) is 6.07 Å². The normalized spacial score (nSPS) is 34.0. The molecule has 3 nitrogen and oxygen atoms in total. The summed E-state index contributed by atoms with van der Waals surface area (Å²) in [4.78, 5) is 0. The zero-order valence-electron chi connectivity index (χ0n) is 19.8. The average Bonchev–Trinajstić information content (AvgIpc) is 2.89. The maximum absolute atomic E-state index is 16.4. The smallest absolute Gasteiger partial charge is 0.377 e. The van der Waals surface area contributed by atoms with Crippen LogP contribution >= 0.6 is 0 Å². The van der Waals surface area contributed by atoms with Crippen LogP contribution in [-0.4, -0.2) is 56.2 Å². The molecular weight excluding hydrogens is 501 g/mol. The van der Waals surface area contributed by atoms with Crippen LogP contribution < -0.4 is 5.32 Å². The number of nitriles is 1. The van der Waals surface area contributed by atoms with Crippen LogP contribution in [0, 0.1) is 17.2 Å². The van der Waals surface area contributed by atoms with Crippen molar-refractivity contribution in [2.75, 3.05) is 26.3 Å². The Labute approximate surface area is 210 Å². The Kier molecular flexibility index (Phi) is 7.59. The minimum absolute atomic E-state index is 0.199. The molecule has 1 N–H and O–H groups in total. The quantitative estimate of drug-likeness (QED) is 0.474. The van der Waals surface area contributed by atoms with Crippen molar-refractivity contribution in [3.63, 3.8) is 0 Å². The van der Waals surface area contributed by atoms with Gasteiger partial charge in [0.2, 0.25) is 0 Å². The van der Waals surface area contributed by atoms with Crippen LogP contribution in [0.2, 0.25) is 0 Å². The van der Waals surface area contributed by atoms with Gasteiger partial charge in [0.05, 0.1) is 25.2 Å². The zero-order chi connectivity index (χ0) is 26.9. The topological polar surface area (TPSA) is 45.0 Å². The van der Waals surface area contributed by atoms with E-state index in [1.807, 2.05) is 12.1 Å². The number of halogens is 7. The molecule has 37 heavy (non-hydrogen) atoms. The van der Waals surface area contributed by atoms with E-state index in [2.05, 4.69) is 5.32 Å². The average molecular weight is 529 g/mol. The second-order valence-electron chi connectivity index (χ2n) is 9.88. The minimum Gasteiger partial charge on any atom is -0.377 e. The molecule has 6 unspecified atom stereocenters. The van der Waals surface area contributed by atoms with Gasteiger partial charge in [-0.05, 0) is 37.1 Å². The monoisotopic (exact) mass is 528 g/mol. The molecule has 2 aromatic carbocycles. The number of nitrogens with one attached hydrogen (secondary N) is 1. The first kappa shape index (κ1) is 27.4. The third-order valence-electron chi connectivity index (χ3n) is 7.79. The fourth-order valence-electron chi connectivity index (χ4n) is 5.69. The van der Waals surface area contributed by atoms with E-state index < -0.39 is 53.7 Å². The number of benzene rings is 2. The third kappa shape index (κ3) is 4.61. The van der Waals surface area contributed by atoms with Gasteiger partial charge in [0.25, 0.3) is 5.67 Å². The summed E-state index contributed by atoms with van der Waals surface area (Å²) in [7, 11) is 0. The van der Waals surface area contributed by atoms with Crippen LogP contribution in [-0.2, 0) is 10.2 Å². The highest BCUT2D eigenvalue weighted by Crippen LogP contribution is 2.59. The van der Waals surface area contributed by atoms with Crippen molar-refractivity contribution in [1.82, 2.24) is 5.32 Å². The van der Waals surface area contributed by atoms with E-state index in [4.69, 9.17) is 4.74 Å². The second-order valence-corrected chi connectivity index (χ2v) is 9.88. The van der Waals surface area contributed by atoms with Gasteiger partial charge in [0.15, 0.2) is 11.8 Å². The number of rotatable bonds is 6. The Morgan fingerprint density at radius 3 is 2.00 bits per heavy atom. The molecule has 2 fully saturated rings. The Bertz CT molecular complexity index is 1090. The maximum Gasteiger partial charge on any atom is 0.426 e. The Hall–Kier alpha value is -2.64. The molecule has 1 aliphatic carbocycles. The van der Waals surface area contributed by atoms with E-state index in [1.54, 1.807) is 18.2 Å². The maximum atomic E-state index is 16.4. The van der Waals surface area contributed by atoms with Crippen LogP contribution in [0.1, 0.15) is 29.9 Å². The Morgan fingerprint density at radius 2 is 1.46 bits per heavy atom. The molecule has 0 amide bonds. The number of piperidine rings is 1. The van der Waals surface area contributed by atoms with Crippen molar-refractivity contribution in [2.24, 2.45) is 5.92 Å². The van der Waals surface area contributed by atoms with Crippen molar-refractivity contribution >= 4 is 0 Å². The highest BCUT2D eigenvalue weighted by Gasteiger charge is 2.78. The second kappa shape index (κ2) is 10.3. The molecule has 0 radical (unpaired) electrons. The summed E-state index contributed by atoms with van der Waals surface area (Å²) in [6.45, 7) is -0.360. The lowest BCUT2D eigenvalue weighted by Gasteiger charge is -2.50. The number of ether oxygens (including phenoxy) is 1. The molecule has 0 spiro atoms. The van der Waals surface area contributed by atoms with E-state index >= 15 is 17.6 Å². The van der Waals surface area contributed by atoms with Crippen LogP contribution in [0.25, 0.3) is 0 Å². The van der Waals surface area contributed by atoms with Gasteiger partial charge in [-0.2, -0.15) is 18.4 Å². The number of nitrogens with zero attached hydrogens (tertiary/aromatic N) is 1. The van der Waals surface area contributed by atoms with E-state index in [0.29, 0.717) is 25.9 Å². The predicted molar refractivity (Wildman–Crippen MR) is 123 cm³/mol. The van der Waals surface area contributed by atoms with Gasteiger partial charge in [-0.25, -0.2) is 17.6 Å². The SMILES string of the molecule is N#CC1C(F)(COCC2(c3ccccc3)CCNCC2)C(F)C(c2ccccc2)C(F)C1(F)C(F)(F)F. The van der Waals surface area contributed by atoms with Crippen LogP contribution in [0.15, 0.2) is 60.7 Å². The highest BCUT2D eigenvalue weighted by atomic mass is 19.4. The minimum atomic E-state index is -5.97. The lowest BCUT2D eigenvalue weighted by molar-refractivity contribution is -0.302. The molecule has 1 saturated heterocycles. The first-order valence-corrected chi connectivity index (χ1v) is 12.0. The Morgan fingerprint density at radius 1 is 0.892 bits per heavy atom. The standard InChI is InChI=1S/C27H27F7N2O/c28-22-21(18-7-3-1-4-8-18)23(29)26(31,27(32,33)34)20(15-35)25(22,30)17-37-16-24(11-13-36-14-12-24)19-9-5-2-6-10-19/h1-10,20-23,36H,11-14,16-17H2. The molecule has 2 aromatic rings. The van der Waals surface area contributed by atoms with Crippen LogP contribution in [0.4, 0.5) is 30.7 Å². The molecule has 2 aliphatic rings. The summed E-state index contributed by atoms with van der Waals surface area (Å²) in [5.41, 5.74) is -8.86. The molecule has 10 heteroatoms. The summed E-state index contributed by atoms with van der Waals surface area (Å²) in [5, 5.41) is 12.7. The molecular formula is C27H27F7N2O. The lowest BCUT2D eigenvalue weighted by atomic mass is 9.61. The van der Waals surface area contributed by atoms with E-state index in [9.17, 15) is 18.4 Å². The number of hydrogen-bond acceptors (Lipinski definition) is 3. The summed E-state index contributed by atoms with van der Waals surface area (Å²) in [6.07, 6.45) is -11.4. The molecule has 0 aromatic heterocycles. The van der Waals surface area contributed by atoms with Gasteiger partial charge in [-0.15, -0.1) is 0 Å². The highest BCUT2D eigenvalue weighted by molar-refractivity contribution is 5.33. The third-order valence-corrected chi connectivity index (χ3v) is 7.79. The van der Waals surface area contributed by atoms with Gasteiger partial charge in [0, 0.05) is 5.41 Å². The van der Waals surface area contributed by atoms with Gasteiger partial charge in [0.1, 0.15) is 12.1 Å². The summed E-state index contributed by atoms with van der Waals surface area (Å²) in [6, 6.07) is 16.3. The summed E-state index contributed by atoms with van der Waals surface area (Å²) < 4.78 is 111. The molecule has 1 saturated carbocycles. The fraction of sp³-hybridized carbons (Fsp3) is 0.519. The van der Waals surface area contributed by atoms with Crippen LogP contribution in [0.3, 0.4) is 0 Å². The molecule has 1 aliphatic heterocycles. The predicted octanol–water partition coefficient (Wildman–Crippen LogP) is 5.92. The van der Waals surface area contributed by atoms with Gasteiger partial charge >= 0.3 is 6.18 Å². The molecule has 1 heterocycles. The van der Waals surface area contributed by atoms with Crippen LogP contribution in [0.5, 0.6) is 0 Å². The molecule has 200 valence electrons. The van der Waals surface area contributed by atoms with E-state index in [0.717, 1.165) is 23.8 Å². The van der Waals surface area contributed by atoms with Crippen molar-refractivity contribution in [3.05, 3.63) is 71.8 Å². The lowest BCUT2D eigenvalue weighted by Crippen LogP contribution is -2.71. The molecule has 0 bridgehead atoms. The number of hydrogen-bond donors (Lipinski definition) is 1. The largest absolute Gasteiger partial charge is 0.426 e. The van der Waals surface area contributed by atoms with E-state index in [1.165, 1.54) is 18.2 Å². The summed E-state index contributed by atoms with van der Waals surface area (Å²) in [5.74, 6) is -5.75. The van der Waals surface area contributed by atoms with Gasteiger partial charge < -0.3 is 10.1 Å². The van der Waals surface area contributed by atoms with Crippen molar-refractivity contribution in [1.29, 1.82) is 5.26 Å². The van der Waals surface area contributed by atoms with E-state index in [-0.39, 0.29) is 12.2 Å². The van der Waals surface area contributed by atoms with Gasteiger partial charge in [-0.1, -0.05) is 60.7 Å².